The fraction of sp³-hybridized carbons (Fsp3) is 0.412. The molecule has 1 aliphatic heterocycles. The molecule has 2 aromatic rings. The topological polar surface area (TPSA) is 42.4 Å². The van der Waals surface area contributed by atoms with E-state index in [0.29, 0.717) is 13.2 Å². The number of para-hydroxylation sites is 2. The van der Waals surface area contributed by atoms with Crippen LogP contribution in [0.2, 0.25) is 0 Å². The summed E-state index contributed by atoms with van der Waals surface area (Å²) < 4.78 is 5.62. The molecule has 2 heterocycles. The summed E-state index contributed by atoms with van der Waals surface area (Å²) in [5, 5.41) is 1.06. The van der Waals surface area contributed by atoms with Crippen LogP contribution in [0.4, 0.5) is 5.69 Å². The molecule has 0 bridgehead atoms. The lowest BCUT2D eigenvalue weighted by Crippen LogP contribution is -2.37. The summed E-state index contributed by atoms with van der Waals surface area (Å²) in [6, 6.07) is 7.69. The van der Waals surface area contributed by atoms with Crippen LogP contribution in [-0.2, 0) is 6.42 Å². The monoisotopic (exact) mass is 316 g/mol. The zero-order valence-corrected chi connectivity index (χ0v) is 13.8. The SMILES string of the molecule is CCCCc1nc(C)c(C(=O)N2CCOc3ccccc32)s1. The Labute approximate surface area is 134 Å². The third kappa shape index (κ3) is 2.86. The van der Waals surface area contributed by atoms with Gasteiger partial charge in [-0.25, -0.2) is 4.98 Å². The first-order chi connectivity index (χ1) is 10.7. The predicted molar refractivity (Wildman–Crippen MR) is 89.1 cm³/mol. The molecule has 0 aliphatic carbocycles. The third-order valence-electron chi connectivity index (χ3n) is 3.75. The van der Waals surface area contributed by atoms with Crippen LogP contribution in [0.15, 0.2) is 24.3 Å². The quantitative estimate of drug-likeness (QED) is 0.861. The standard InChI is InChI=1S/C17H20N2O2S/c1-3-4-9-15-18-12(2)16(22-15)17(20)19-10-11-21-14-8-6-5-7-13(14)19/h5-8H,3-4,9-11H2,1-2H3. The number of thiazole rings is 1. The van der Waals surface area contributed by atoms with Crippen molar-refractivity contribution in [3.8, 4) is 5.75 Å². The molecule has 0 fully saturated rings. The van der Waals surface area contributed by atoms with Crippen LogP contribution in [0.1, 0.15) is 40.1 Å². The molecule has 5 heteroatoms. The molecule has 4 nitrogen and oxygen atoms in total. The largest absolute Gasteiger partial charge is 0.490 e. The zero-order chi connectivity index (χ0) is 15.5. The maximum Gasteiger partial charge on any atom is 0.270 e. The van der Waals surface area contributed by atoms with Gasteiger partial charge < -0.3 is 9.64 Å². The number of unbranched alkanes of at least 4 members (excludes halogenated alkanes) is 1. The van der Waals surface area contributed by atoms with E-state index in [9.17, 15) is 4.79 Å². The minimum Gasteiger partial charge on any atom is -0.490 e. The minimum absolute atomic E-state index is 0.0356. The molecule has 1 aromatic heterocycles. The first kappa shape index (κ1) is 15.0. The number of benzene rings is 1. The van der Waals surface area contributed by atoms with Crippen LogP contribution in [0.25, 0.3) is 0 Å². The summed E-state index contributed by atoms with van der Waals surface area (Å²) >= 11 is 1.53. The minimum atomic E-state index is 0.0356. The predicted octanol–water partition coefficient (Wildman–Crippen LogP) is 3.83. The highest BCUT2D eigenvalue weighted by atomic mass is 32.1. The van der Waals surface area contributed by atoms with Crippen molar-refractivity contribution in [3.05, 3.63) is 39.8 Å². The molecule has 0 saturated heterocycles. The van der Waals surface area contributed by atoms with Gasteiger partial charge in [0.2, 0.25) is 0 Å². The van der Waals surface area contributed by atoms with Crippen molar-refractivity contribution < 1.29 is 9.53 Å². The number of amides is 1. The van der Waals surface area contributed by atoms with Gasteiger partial charge in [0, 0.05) is 0 Å². The highest BCUT2D eigenvalue weighted by molar-refractivity contribution is 7.14. The molecule has 1 aliphatic rings. The van der Waals surface area contributed by atoms with Crippen LogP contribution < -0.4 is 9.64 Å². The molecule has 0 spiro atoms. The molecule has 0 atom stereocenters. The Morgan fingerprint density at radius 1 is 1.41 bits per heavy atom. The highest BCUT2D eigenvalue weighted by Gasteiger charge is 2.27. The molecule has 116 valence electrons. The Balaban J connectivity index is 1.87. The van der Waals surface area contributed by atoms with Crippen LogP contribution in [-0.4, -0.2) is 24.0 Å². The number of carbonyl (C=O) groups is 1. The lowest BCUT2D eigenvalue weighted by molar-refractivity contribution is 0.0979. The number of rotatable bonds is 4. The number of anilines is 1. The van der Waals surface area contributed by atoms with Crippen LogP contribution >= 0.6 is 11.3 Å². The van der Waals surface area contributed by atoms with Gasteiger partial charge in [-0.1, -0.05) is 25.5 Å². The summed E-state index contributed by atoms with van der Waals surface area (Å²) in [6.45, 7) is 5.20. The van der Waals surface area contributed by atoms with Crippen molar-refractivity contribution in [1.29, 1.82) is 0 Å². The molecule has 3 rings (SSSR count). The Bertz CT molecular complexity index is 681. The van der Waals surface area contributed by atoms with E-state index in [1.54, 1.807) is 0 Å². The number of ether oxygens (including phenoxy) is 1. The van der Waals surface area contributed by atoms with Crippen molar-refractivity contribution in [1.82, 2.24) is 4.98 Å². The van der Waals surface area contributed by atoms with Gasteiger partial charge in [-0.3, -0.25) is 4.79 Å². The number of aryl methyl sites for hydroxylation is 2. The van der Waals surface area contributed by atoms with Gasteiger partial charge >= 0.3 is 0 Å². The van der Waals surface area contributed by atoms with E-state index in [2.05, 4.69) is 11.9 Å². The van der Waals surface area contributed by atoms with Crippen molar-refractivity contribution in [3.63, 3.8) is 0 Å². The van der Waals surface area contributed by atoms with E-state index < -0.39 is 0 Å². The van der Waals surface area contributed by atoms with Crippen molar-refractivity contribution >= 4 is 22.9 Å². The summed E-state index contributed by atoms with van der Waals surface area (Å²) in [6.07, 6.45) is 3.20. The lowest BCUT2D eigenvalue weighted by atomic mass is 10.2. The second-order valence-electron chi connectivity index (χ2n) is 5.40. The van der Waals surface area contributed by atoms with E-state index in [0.717, 1.165) is 46.3 Å². The van der Waals surface area contributed by atoms with Crippen molar-refractivity contribution in [2.45, 2.75) is 33.1 Å². The fourth-order valence-corrected chi connectivity index (χ4v) is 3.64. The molecule has 22 heavy (non-hydrogen) atoms. The first-order valence-corrected chi connectivity index (χ1v) is 8.52. The molecule has 0 saturated carbocycles. The van der Waals surface area contributed by atoms with Gasteiger partial charge in [0.15, 0.2) is 0 Å². The summed E-state index contributed by atoms with van der Waals surface area (Å²) in [5.74, 6) is 0.809. The van der Waals surface area contributed by atoms with E-state index in [4.69, 9.17) is 4.74 Å². The van der Waals surface area contributed by atoms with E-state index in [-0.39, 0.29) is 5.91 Å². The van der Waals surface area contributed by atoms with Crippen LogP contribution in [0.5, 0.6) is 5.75 Å². The molecular formula is C17H20N2O2S. The van der Waals surface area contributed by atoms with Gasteiger partial charge in [-0.15, -0.1) is 11.3 Å². The molecule has 0 N–H and O–H groups in total. The molecule has 1 amide bonds. The van der Waals surface area contributed by atoms with Crippen LogP contribution in [0, 0.1) is 6.92 Å². The Morgan fingerprint density at radius 2 is 2.23 bits per heavy atom. The van der Waals surface area contributed by atoms with Crippen molar-refractivity contribution in [2.24, 2.45) is 0 Å². The third-order valence-corrected chi connectivity index (χ3v) is 4.96. The number of hydrogen-bond donors (Lipinski definition) is 0. The number of carbonyl (C=O) groups excluding carboxylic acids is 1. The summed E-state index contributed by atoms with van der Waals surface area (Å²) in [5.41, 5.74) is 1.69. The van der Waals surface area contributed by atoms with Gasteiger partial charge in [0.1, 0.15) is 17.2 Å². The Kier molecular flexibility index (Phi) is 4.43. The van der Waals surface area contributed by atoms with Crippen LogP contribution in [0.3, 0.4) is 0 Å². The normalized spacial score (nSPS) is 13.6. The second-order valence-corrected chi connectivity index (χ2v) is 6.48. The number of aromatic nitrogens is 1. The van der Waals surface area contributed by atoms with Gasteiger partial charge in [-0.05, 0) is 31.9 Å². The van der Waals surface area contributed by atoms with Gasteiger partial charge in [-0.2, -0.15) is 0 Å². The molecular weight excluding hydrogens is 296 g/mol. The zero-order valence-electron chi connectivity index (χ0n) is 13.0. The van der Waals surface area contributed by atoms with E-state index >= 15 is 0 Å². The lowest BCUT2D eigenvalue weighted by Gasteiger charge is -2.29. The molecule has 0 unspecified atom stereocenters. The summed E-state index contributed by atoms with van der Waals surface area (Å²) in [4.78, 5) is 20.0. The number of fused-ring (bicyclic) bond motifs is 1. The maximum absolute atomic E-state index is 12.9. The molecule has 1 aromatic carbocycles. The average molecular weight is 316 g/mol. The van der Waals surface area contributed by atoms with Crippen molar-refractivity contribution in [2.75, 3.05) is 18.1 Å². The Morgan fingerprint density at radius 3 is 3.05 bits per heavy atom. The van der Waals surface area contributed by atoms with E-state index in [1.165, 1.54) is 11.3 Å². The van der Waals surface area contributed by atoms with Gasteiger partial charge in [0.05, 0.1) is 22.9 Å². The number of hydrogen-bond acceptors (Lipinski definition) is 4. The maximum atomic E-state index is 12.9. The molecule has 0 radical (unpaired) electrons. The first-order valence-electron chi connectivity index (χ1n) is 7.70. The van der Waals surface area contributed by atoms with Gasteiger partial charge in [0.25, 0.3) is 5.91 Å². The van der Waals surface area contributed by atoms with E-state index in [1.807, 2.05) is 36.1 Å². The highest BCUT2D eigenvalue weighted by Crippen LogP contribution is 2.33. The Hall–Kier alpha value is -1.88. The summed E-state index contributed by atoms with van der Waals surface area (Å²) in [7, 11) is 0. The average Bonchev–Trinajstić information content (AvgIpc) is 2.92. The smallest absolute Gasteiger partial charge is 0.270 e. The fourth-order valence-electron chi connectivity index (χ4n) is 2.59. The second kappa shape index (κ2) is 6.48. The number of nitrogens with zero attached hydrogens (tertiary/aromatic N) is 2.